The van der Waals surface area contributed by atoms with Gasteiger partial charge in [0.2, 0.25) is 0 Å². The molecule has 1 heterocycles. The van der Waals surface area contributed by atoms with E-state index in [9.17, 15) is 0 Å². The Morgan fingerprint density at radius 1 is 1.00 bits per heavy atom. The first-order valence-electron chi connectivity index (χ1n) is 9.38. The van der Waals surface area contributed by atoms with Crippen LogP contribution in [0.3, 0.4) is 0 Å². The Kier molecular flexibility index (Phi) is 10.4. The van der Waals surface area contributed by atoms with Crippen LogP contribution in [-0.2, 0) is 18.9 Å². The second-order valence-electron chi connectivity index (χ2n) is 7.00. The van der Waals surface area contributed by atoms with E-state index >= 15 is 0 Å². The van der Waals surface area contributed by atoms with Crippen molar-refractivity contribution in [1.29, 1.82) is 0 Å². The number of epoxide rings is 1. The first-order chi connectivity index (χ1) is 11.1. The molecule has 3 unspecified atom stereocenters. The minimum Gasteiger partial charge on any atom is -0.373 e. The van der Waals surface area contributed by atoms with Gasteiger partial charge in [0.05, 0.1) is 12.7 Å². The van der Waals surface area contributed by atoms with Gasteiger partial charge in [-0.2, -0.15) is 0 Å². The summed E-state index contributed by atoms with van der Waals surface area (Å²) >= 11 is 0. The topological polar surface area (TPSA) is 40.2 Å². The minimum absolute atomic E-state index is 0.252. The van der Waals surface area contributed by atoms with Crippen LogP contribution in [0.25, 0.3) is 0 Å². The SMILES string of the molecule is CCCCCCCCC(CC(C)CC1CO1)C(OC)(OC)OC. The molecule has 1 fully saturated rings. The van der Waals surface area contributed by atoms with Crippen LogP contribution in [-0.4, -0.2) is 40.0 Å². The largest absolute Gasteiger partial charge is 0.373 e. The summed E-state index contributed by atoms with van der Waals surface area (Å²) in [4.78, 5) is 0. The van der Waals surface area contributed by atoms with Crippen LogP contribution in [0.15, 0.2) is 0 Å². The highest BCUT2D eigenvalue weighted by Crippen LogP contribution is 2.35. The molecule has 0 aromatic rings. The summed E-state index contributed by atoms with van der Waals surface area (Å²) in [6.45, 7) is 5.48. The van der Waals surface area contributed by atoms with Crippen LogP contribution in [0.1, 0.15) is 71.6 Å². The van der Waals surface area contributed by atoms with E-state index < -0.39 is 5.97 Å². The fourth-order valence-corrected chi connectivity index (χ4v) is 3.59. The Bertz CT molecular complexity index is 279. The van der Waals surface area contributed by atoms with E-state index in [4.69, 9.17) is 18.9 Å². The van der Waals surface area contributed by atoms with Crippen molar-refractivity contribution >= 4 is 0 Å². The van der Waals surface area contributed by atoms with Gasteiger partial charge < -0.3 is 18.9 Å². The van der Waals surface area contributed by atoms with Crippen LogP contribution in [0, 0.1) is 11.8 Å². The van der Waals surface area contributed by atoms with Gasteiger partial charge in [0.15, 0.2) is 0 Å². The van der Waals surface area contributed by atoms with Crippen molar-refractivity contribution in [1.82, 2.24) is 0 Å². The van der Waals surface area contributed by atoms with Gasteiger partial charge in [-0.25, -0.2) is 0 Å². The highest BCUT2D eigenvalue weighted by atomic mass is 16.9. The van der Waals surface area contributed by atoms with Crippen LogP contribution >= 0.6 is 0 Å². The summed E-state index contributed by atoms with van der Waals surface area (Å²) in [5.41, 5.74) is 0. The zero-order valence-corrected chi connectivity index (χ0v) is 15.9. The smallest absolute Gasteiger partial charge is 0.285 e. The average Bonchev–Trinajstić information content (AvgIpc) is 3.36. The molecule has 138 valence electrons. The maximum atomic E-state index is 5.64. The number of ether oxygens (including phenoxy) is 4. The molecule has 0 N–H and O–H groups in total. The highest BCUT2D eigenvalue weighted by molar-refractivity contribution is 4.78. The molecule has 4 heteroatoms. The fraction of sp³-hybridized carbons (Fsp3) is 1.00. The lowest BCUT2D eigenvalue weighted by Crippen LogP contribution is -2.44. The number of rotatable bonds is 15. The lowest BCUT2D eigenvalue weighted by Gasteiger charge is -2.37. The zero-order valence-electron chi connectivity index (χ0n) is 15.9. The number of methoxy groups -OCH3 is 3. The third kappa shape index (κ3) is 7.51. The molecule has 4 nitrogen and oxygen atoms in total. The van der Waals surface area contributed by atoms with Gasteiger partial charge in [0.1, 0.15) is 0 Å². The molecule has 1 aliphatic rings. The molecule has 23 heavy (non-hydrogen) atoms. The van der Waals surface area contributed by atoms with Crippen LogP contribution in [0.4, 0.5) is 0 Å². The van der Waals surface area contributed by atoms with Gasteiger partial charge in [-0.1, -0.05) is 52.4 Å². The van der Waals surface area contributed by atoms with Crippen molar-refractivity contribution in [2.75, 3.05) is 27.9 Å². The van der Waals surface area contributed by atoms with E-state index in [-0.39, 0.29) is 5.92 Å². The van der Waals surface area contributed by atoms with Crippen LogP contribution in [0.2, 0.25) is 0 Å². The number of hydrogen-bond donors (Lipinski definition) is 0. The van der Waals surface area contributed by atoms with Gasteiger partial charge in [0, 0.05) is 27.2 Å². The second-order valence-corrected chi connectivity index (χ2v) is 7.00. The minimum atomic E-state index is -0.915. The molecule has 0 aromatic carbocycles. The summed E-state index contributed by atoms with van der Waals surface area (Å²) in [7, 11) is 5.03. The van der Waals surface area contributed by atoms with Gasteiger partial charge >= 0.3 is 0 Å². The van der Waals surface area contributed by atoms with E-state index in [1.165, 1.54) is 38.5 Å². The predicted molar refractivity (Wildman–Crippen MR) is 93.4 cm³/mol. The van der Waals surface area contributed by atoms with Crippen molar-refractivity contribution < 1.29 is 18.9 Å². The average molecular weight is 331 g/mol. The summed E-state index contributed by atoms with van der Waals surface area (Å²) < 4.78 is 22.3. The van der Waals surface area contributed by atoms with Crippen molar-refractivity contribution in [3.05, 3.63) is 0 Å². The Balaban J connectivity index is 2.48. The Morgan fingerprint density at radius 2 is 1.57 bits per heavy atom. The monoisotopic (exact) mass is 330 g/mol. The lowest BCUT2D eigenvalue weighted by atomic mass is 9.86. The molecule has 3 atom stereocenters. The van der Waals surface area contributed by atoms with Crippen LogP contribution in [0.5, 0.6) is 0 Å². The quantitative estimate of drug-likeness (QED) is 0.246. The first kappa shape index (κ1) is 20.9. The highest BCUT2D eigenvalue weighted by Gasteiger charge is 2.41. The third-order valence-electron chi connectivity index (χ3n) is 5.01. The Labute approximate surface area is 143 Å². The molecular formula is C19H38O4. The van der Waals surface area contributed by atoms with Crippen molar-refractivity contribution in [3.63, 3.8) is 0 Å². The maximum absolute atomic E-state index is 5.64. The molecule has 0 radical (unpaired) electrons. The van der Waals surface area contributed by atoms with Crippen LogP contribution < -0.4 is 0 Å². The molecule has 0 bridgehead atoms. The van der Waals surface area contributed by atoms with E-state index in [0.29, 0.717) is 12.0 Å². The zero-order chi connectivity index (χ0) is 17.1. The molecule has 0 aromatic heterocycles. The Hall–Kier alpha value is -0.160. The first-order valence-corrected chi connectivity index (χ1v) is 9.38. The summed E-state index contributed by atoms with van der Waals surface area (Å²) in [5.74, 6) is -0.0722. The lowest BCUT2D eigenvalue weighted by molar-refractivity contribution is -0.381. The third-order valence-corrected chi connectivity index (χ3v) is 5.01. The van der Waals surface area contributed by atoms with Crippen molar-refractivity contribution in [2.24, 2.45) is 11.8 Å². The predicted octanol–water partition coefficient (Wildman–Crippen LogP) is 4.76. The van der Waals surface area contributed by atoms with Gasteiger partial charge in [-0.3, -0.25) is 0 Å². The molecule has 1 rings (SSSR count). The fourth-order valence-electron chi connectivity index (χ4n) is 3.59. The molecule has 1 aliphatic heterocycles. The number of unbranched alkanes of at least 4 members (excludes halogenated alkanes) is 5. The molecule has 0 amide bonds. The maximum Gasteiger partial charge on any atom is 0.285 e. The normalized spacial score (nSPS) is 20.5. The standard InChI is InChI=1S/C19H38O4/c1-6-7-8-9-10-11-12-17(19(20-3,21-4)22-5)13-16(2)14-18-15-23-18/h16-18H,6-15H2,1-5H3. The van der Waals surface area contributed by atoms with E-state index in [2.05, 4.69) is 13.8 Å². The Morgan fingerprint density at radius 3 is 2.09 bits per heavy atom. The molecule has 1 saturated heterocycles. The van der Waals surface area contributed by atoms with Crippen molar-refractivity contribution in [3.8, 4) is 0 Å². The summed E-state index contributed by atoms with van der Waals surface area (Å²) in [6, 6.07) is 0. The van der Waals surface area contributed by atoms with E-state index in [0.717, 1.165) is 25.9 Å². The van der Waals surface area contributed by atoms with Crippen molar-refractivity contribution in [2.45, 2.75) is 83.7 Å². The van der Waals surface area contributed by atoms with E-state index in [1.807, 2.05) is 0 Å². The molecule has 0 spiro atoms. The van der Waals surface area contributed by atoms with E-state index in [1.54, 1.807) is 21.3 Å². The van der Waals surface area contributed by atoms with Gasteiger partial charge in [-0.15, -0.1) is 0 Å². The molecule has 0 saturated carbocycles. The number of hydrogen-bond acceptors (Lipinski definition) is 4. The molecule has 0 aliphatic carbocycles. The summed E-state index contributed by atoms with van der Waals surface area (Å²) in [6.07, 6.45) is 11.5. The molecular weight excluding hydrogens is 292 g/mol. The van der Waals surface area contributed by atoms with Gasteiger partial charge in [-0.05, 0) is 25.2 Å². The second kappa shape index (κ2) is 11.4. The summed E-state index contributed by atoms with van der Waals surface area (Å²) in [5, 5.41) is 0. The van der Waals surface area contributed by atoms with Gasteiger partial charge in [0.25, 0.3) is 5.97 Å².